The van der Waals surface area contributed by atoms with Gasteiger partial charge >= 0.3 is 0 Å². The number of nitrogens with zero attached hydrogens (tertiary/aromatic N) is 4. The van der Waals surface area contributed by atoms with Crippen molar-refractivity contribution in [2.75, 3.05) is 46.0 Å². The molecule has 0 aliphatic carbocycles. The second-order valence-electron chi connectivity index (χ2n) is 9.01. The molecule has 4 rings (SSSR count). The standard InChI is InChI=1S/C25H34FN5O4S/c1-4-7-18-17-29(3)23-22(18)27-24(28-25(23)32)20-16-19(8-9-21(20)35-5-2)36(33,34)31-14-12-30(13-15-31)11-6-10-26/h8-9,16-17H,4-7,10-15H2,1-3H3,(H,27,28,32). The molecule has 0 atom stereocenters. The third-order valence-electron chi connectivity index (χ3n) is 6.50. The second kappa shape index (κ2) is 11.1. The van der Waals surface area contributed by atoms with Gasteiger partial charge in [0.25, 0.3) is 5.56 Å². The summed E-state index contributed by atoms with van der Waals surface area (Å²) in [6, 6.07) is 4.68. The van der Waals surface area contributed by atoms with Crippen molar-refractivity contribution >= 4 is 21.1 Å². The number of hydrogen-bond donors (Lipinski definition) is 1. The van der Waals surface area contributed by atoms with E-state index < -0.39 is 10.0 Å². The van der Waals surface area contributed by atoms with Crippen LogP contribution in [0.1, 0.15) is 32.3 Å². The van der Waals surface area contributed by atoms with Gasteiger partial charge in [-0.3, -0.25) is 9.18 Å². The first-order chi connectivity index (χ1) is 17.3. The molecule has 1 aliphatic heterocycles. The highest BCUT2D eigenvalue weighted by Gasteiger charge is 2.29. The number of aryl methyl sites for hydroxylation is 2. The minimum Gasteiger partial charge on any atom is -0.493 e. The van der Waals surface area contributed by atoms with Crippen LogP contribution in [0, 0.1) is 0 Å². The number of sulfonamides is 1. The quantitative estimate of drug-likeness (QED) is 0.442. The number of aromatic nitrogens is 3. The number of hydrogen-bond acceptors (Lipinski definition) is 6. The average molecular weight is 520 g/mol. The van der Waals surface area contributed by atoms with Crippen molar-refractivity contribution in [1.29, 1.82) is 0 Å². The highest BCUT2D eigenvalue weighted by Crippen LogP contribution is 2.32. The molecule has 0 radical (unpaired) electrons. The van der Waals surface area contributed by atoms with Gasteiger partial charge in [-0.2, -0.15) is 4.31 Å². The summed E-state index contributed by atoms with van der Waals surface area (Å²) in [7, 11) is -1.97. The van der Waals surface area contributed by atoms with Crippen LogP contribution in [0.2, 0.25) is 0 Å². The Bertz CT molecular complexity index is 1380. The molecular formula is C25H34FN5O4S. The van der Waals surface area contributed by atoms with Crippen LogP contribution in [-0.2, 0) is 23.5 Å². The number of fused-ring (bicyclic) bond motifs is 1. The first kappa shape index (κ1) is 26.3. The van der Waals surface area contributed by atoms with Crippen molar-refractivity contribution in [3.8, 4) is 17.1 Å². The molecule has 3 aromatic rings. The zero-order valence-corrected chi connectivity index (χ0v) is 21.9. The molecule has 0 spiro atoms. The molecule has 0 bridgehead atoms. The minimum absolute atomic E-state index is 0.114. The third-order valence-corrected chi connectivity index (χ3v) is 8.40. The Morgan fingerprint density at radius 3 is 2.58 bits per heavy atom. The number of benzene rings is 1. The van der Waals surface area contributed by atoms with Gasteiger partial charge < -0.3 is 19.2 Å². The van der Waals surface area contributed by atoms with Crippen LogP contribution < -0.4 is 10.3 Å². The molecule has 1 aromatic carbocycles. The molecule has 1 N–H and O–H groups in total. The molecular weight excluding hydrogens is 485 g/mol. The summed E-state index contributed by atoms with van der Waals surface area (Å²) in [5.74, 6) is 0.718. The van der Waals surface area contributed by atoms with Crippen molar-refractivity contribution in [3.05, 3.63) is 40.3 Å². The molecule has 9 nitrogen and oxygen atoms in total. The van der Waals surface area contributed by atoms with Gasteiger partial charge in [-0.15, -0.1) is 0 Å². The molecule has 1 aliphatic rings. The van der Waals surface area contributed by atoms with Gasteiger partial charge in [-0.05, 0) is 43.5 Å². The molecule has 0 amide bonds. The number of ether oxygens (including phenoxy) is 1. The van der Waals surface area contributed by atoms with E-state index in [2.05, 4.69) is 16.8 Å². The predicted octanol–water partition coefficient (Wildman–Crippen LogP) is 2.95. The zero-order valence-electron chi connectivity index (χ0n) is 21.1. The van der Waals surface area contributed by atoms with Gasteiger partial charge in [0.15, 0.2) is 0 Å². The summed E-state index contributed by atoms with van der Waals surface area (Å²) in [5, 5.41) is 0. The molecule has 0 unspecified atom stereocenters. The second-order valence-corrected chi connectivity index (χ2v) is 10.9. The predicted molar refractivity (Wildman–Crippen MR) is 138 cm³/mol. The number of halogens is 1. The SMILES string of the molecule is CCCc1cn(C)c2c(=O)[nH]c(-c3cc(S(=O)(=O)N4CCN(CCCF)CC4)ccc3OCC)nc12. The van der Waals surface area contributed by atoms with E-state index in [-0.39, 0.29) is 23.0 Å². The van der Waals surface area contributed by atoms with Crippen LogP contribution in [0.5, 0.6) is 5.75 Å². The average Bonchev–Trinajstić information content (AvgIpc) is 3.19. The zero-order chi connectivity index (χ0) is 25.9. The van der Waals surface area contributed by atoms with Crippen LogP contribution in [0.3, 0.4) is 0 Å². The Morgan fingerprint density at radius 1 is 1.17 bits per heavy atom. The van der Waals surface area contributed by atoms with E-state index in [4.69, 9.17) is 9.72 Å². The molecule has 0 saturated carbocycles. The van der Waals surface area contributed by atoms with Gasteiger partial charge in [0.1, 0.15) is 17.1 Å². The lowest BCUT2D eigenvalue weighted by molar-refractivity contribution is 0.182. The van der Waals surface area contributed by atoms with E-state index >= 15 is 0 Å². The summed E-state index contributed by atoms with van der Waals surface area (Å²) in [6.07, 6.45) is 4.04. The van der Waals surface area contributed by atoms with Crippen molar-refractivity contribution in [2.45, 2.75) is 38.0 Å². The summed E-state index contributed by atoms with van der Waals surface area (Å²) >= 11 is 0. The number of H-pyrrole nitrogens is 1. The smallest absolute Gasteiger partial charge is 0.275 e. The lowest BCUT2D eigenvalue weighted by Crippen LogP contribution is -2.48. The van der Waals surface area contributed by atoms with E-state index in [1.165, 1.54) is 16.4 Å². The molecule has 196 valence electrons. The van der Waals surface area contributed by atoms with Crippen molar-refractivity contribution in [2.24, 2.45) is 7.05 Å². The largest absolute Gasteiger partial charge is 0.493 e. The van der Waals surface area contributed by atoms with E-state index in [0.717, 1.165) is 18.4 Å². The van der Waals surface area contributed by atoms with Crippen molar-refractivity contribution < 1.29 is 17.5 Å². The molecule has 11 heteroatoms. The molecule has 36 heavy (non-hydrogen) atoms. The summed E-state index contributed by atoms with van der Waals surface area (Å²) in [5.41, 5.74) is 2.19. The van der Waals surface area contributed by atoms with E-state index in [9.17, 15) is 17.6 Å². The third kappa shape index (κ3) is 5.18. The topological polar surface area (TPSA) is 101 Å². The van der Waals surface area contributed by atoms with E-state index in [1.807, 2.05) is 20.2 Å². The Hall–Kier alpha value is -2.76. The molecule has 2 aromatic heterocycles. The van der Waals surface area contributed by atoms with Gasteiger partial charge in [-0.25, -0.2) is 13.4 Å². The lowest BCUT2D eigenvalue weighted by Gasteiger charge is -2.33. The maximum Gasteiger partial charge on any atom is 0.275 e. The van der Waals surface area contributed by atoms with Crippen LogP contribution in [0.4, 0.5) is 4.39 Å². The number of nitrogens with one attached hydrogen (secondary N) is 1. The van der Waals surface area contributed by atoms with E-state index in [1.54, 1.807) is 10.6 Å². The minimum atomic E-state index is -3.78. The highest BCUT2D eigenvalue weighted by atomic mass is 32.2. The van der Waals surface area contributed by atoms with E-state index in [0.29, 0.717) is 68.1 Å². The summed E-state index contributed by atoms with van der Waals surface area (Å²) in [6.45, 7) is 6.31. The van der Waals surface area contributed by atoms with Crippen LogP contribution in [-0.4, -0.2) is 78.2 Å². The molecule has 1 saturated heterocycles. The summed E-state index contributed by atoms with van der Waals surface area (Å²) < 4.78 is 48.5. The number of piperazine rings is 1. The fourth-order valence-electron chi connectivity index (χ4n) is 4.72. The van der Waals surface area contributed by atoms with Gasteiger partial charge in [0.2, 0.25) is 10.0 Å². The number of aromatic amines is 1. The fraction of sp³-hybridized carbons (Fsp3) is 0.520. The normalized spacial score (nSPS) is 15.6. The first-order valence-corrected chi connectivity index (χ1v) is 13.9. The fourth-order valence-corrected chi connectivity index (χ4v) is 6.17. The highest BCUT2D eigenvalue weighted by molar-refractivity contribution is 7.89. The van der Waals surface area contributed by atoms with Gasteiger partial charge in [-0.1, -0.05) is 13.3 Å². The Kier molecular flexibility index (Phi) is 8.11. The van der Waals surface area contributed by atoms with Crippen molar-refractivity contribution in [3.63, 3.8) is 0 Å². The molecule has 3 heterocycles. The van der Waals surface area contributed by atoms with Gasteiger partial charge in [0.05, 0.1) is 29.3 Å². The Balaban J connectivity index is 1.73. The van der Waals surface area contributed by atoms with Crippen LogP contribution >= 0.6 is 0 Å². The maximum atomic E-state index is 13.5. The number of alkyl halides is 1. The lowest BCUT2D eigenvalue weighted by atomic mass is 10.1. The van der Waals surface area contributed by atoms with Crippen LogP contribution in [0.25, 0.3) is 22.4 Å². The Labute approximate surface area is 210 Å². The van der Waals surface area contributed by atoms with Crippen molar-refractivity contribution in [1.82, 2.24) is 23.7 Å². The monoisotopic (exact) mass is 519 g/mol. The maximum absolute atomic E-state index is 13.5. The van der Waals surface area contributed by atoms with Gasteiger partial charge in [0, 0.05) is 46.0 Å². The first-order valence-electron chi connectivity index (χ1n) is 12.4. The van der Waals surface area contributed by atoms with Crippen LogP contribution in [0.15, 0.2) is 34.1 Å². The molecule has 1 fully saturated rings. The summed E-state index contributed by atoms with van der Waals surface area (Å²) in [4.78, 5) is 22.8. The number of rotatable bonds is 10. The Morgan fingerprint density at radius 2 is 1.92 bits per heavy atom.